The van der Waals surface area contributed by atoms with E-state index < -0.39 is 25.9 Å². The maximum Gasteiger partial charge on any atom is 0.246 e. The Balaban J connectivity index is 2.33. The van der Waals surface area contributed by atoms with Crippen LogP contribution in [-0.2, 0) is 19.9 Å². The Bertz CT molecular complexity index is 672. The fourth-order valence-corrected chi connectivity index (χ4v) is 5.30. The molecule has 0 saturated carbocycles. The minimum Gasteiger partial charge on any atom is -0.229 e. The van der Waals surface area contributed by atoms with Crippen LogP contribution in [0.5, 0.6) is 0 Å². The van der Waals surface area contributed by atoms with Crippen LogP contribution in [0.1, 0.15) is 6.92 Å². The van der Waals surface area contributed by atoms with Crippen molar-refractivity contribution >= 4 is 31.5 Å². The number of sulfone groups is 1. The van der Waals surface area contributed by atoms with Crippen LogP contribution in [0.2, 0.25) is 5.28 Å². The lowest BCUT2D eigenvalue weighted by Crippen LogP contribution is -2.49. The van der Waals surface area contributed by atoms with Gasteiger partial charge in [0, 0.05) is 12.6 Å². The first-order chi connectivity index (χ1) is 8.72. The number of rotatable bonds is 2. The van der Waals surface area contributed by atoms with E-state index in [1.54, 1.807) is 6.92 Å². The topological polar surface area (TPSA) is 97.3 Å². The third-order valence-corrected chi connectivity index (χ3v) is 6.77. The summed E-state index contributed by atoms with van der Waals surface area (Å²) in [6.45, 7) is 1.50. The van der Waals surface area contributed by atoms with E-state index in [1.165, 1.54) is 0 Å². The summed E-state index contributed by atoms with van der Waals surface area (Å²) in [5, 5.41) is -0.0479. The van der Waals surface area contributed by atoms with Crippen LogP contribution in [0.25, 0.3) is 0 Å². The second-order valence-electron chi connectivity index (χ2n) is 4.27. The minimum absolute atomic E-state index is 0.0479. The molecule has 1 aliphatic rings. The summed E-state index contributed by atoms with van der Waals surface area (Å²) < 4.78 is 48.7. The molecule has 1 atom stereocenters. The first kappa shape index (κ1) is 14.6. The number of aromatic nitrogens is 2. The molecule has 0 aromatic carbocycles. The molecule has 106 valence electrons. The summed E-state index contributed by atoms with van der Waals surface area (Å²) in [6, 6.07) is -0.612. The molecule has 1 aliphatic heterocycles. The molecular weight excluding hydrogens is 314 g/mol. The summed E-state index contributed by atoms with van der Waals surface area (Å²) in [5.74, 6) is -0.355. The van der Waals surface area contributed by atoms with E-state index in [1.807, 2.05) is 0 Å². The maximum absolute atomic E-state index is 12.3. The van der Waals surface area contributed by atoms with E-state index in [-0.39, 0.29) is 28.2 Å². The quantitative estimate of drug-likeness (QED) is 0.706. The predicted molar refractivity (Wildman–Crippen MR) is 69.0 cm³/mol. The number of hydrogen-bond donors (Lipinski definition) is 0. The van der Waals surface area contributed by atoms with Gasteiger partial charge in [-0.1, -0.05) is 0 Å². The zero-order valence-electron chi connectivity index (χ0n) is 10.0. The van der Waals surface area contributed by atoms with Gasteiger partial charge in [-0.25, -0.2) is 26.8 Å². The summed E-state index contributed by atoms with van der Waals surface area (Å²) in [6.07, 6.45) is 2.22. The highest BCUT2D eigenvalue weighted by Gasteiger charge is 2.36. The first-order valence-corrected chi connectivity index (χ1v) is 9.06. The Morgan fingerprint density at radius 3 is 2.47 bits per heavy atom. The standard InChI is InChI=1S/C9H12ClN3O4S2/c1-7-6-18(14,15)3-2-13(7)19(16,17)8-4-11-9(10)12-5-8/h4-5,7H,2-3,6H2,1H3. The maximum atomic E-state index is 12.3. The molecule has 1 unspecified atom stereocenters. The smallest absolute Gasteiger partial charge is 0.229 e. The predicted octanol–water partition coefficient (Wildman–Crippen LogP) is -0.0624. The molecule has 0 N–H and O–H groups in total. The summed E-state index contributed by atoms with van der Waals surface area (Å²) in [5.41, 5.74) is 0. The van der Waals surface area contributed by atoms with Gasteiger partial charge in [-0.15, -0.1) is 0 Å². The van der Waals surface area contributed by atoms with Crippen LogP contribution < -0.4 is 0 Å². The van der Waals surface area contributed by atoms with E-state index in [0.717, 1.165) is 16.7 Å². The van der Waals surface area contributed by atoms with Gasteiger partial charge in [0.25, 0.3) is 0 Å². The van der Waals surface area contributed by atoms with Crippen molar-refractivity contribution in [1.82, 2.24) is 14.3 Å². The molecule has 2 rings (SSSR count). The third-order valence-electron chi connectivity index (χ3n) is 2.81. The molecule has 19 heavy (non-hydrogen) atoms. The molecule has 0 spiro atoms. The van der Waals surface area contributed by atoms with Crippen LogP contribution in [0.15, 0.2) is 17.3 Å². The van der Waals surface area contributed by atoms with Gasteiger partial charge in [0.1, 0.15) is 4.90 Å². The number of halogens is 1. The molecule has 10 heteroatoms. The second-order valence-corrected chi connectivity index (χ2v) is 8.72. The summed E-state index contributed by atoms with van der Waals surface area (Å²) >= 11 is 5.50. The van der Waals surface area contributed by atoms with Crippen molar-refractivity contribution in [2.45, 2.75) is 17.9 Å². The van der Waals surface area contributed by atoms with Gasteiger partial charge in [0.15, 0.2) is 9.84 Å². The van der Waals surface area contributed by atoms with Crippen molar-refractivity contribution in [1.29, 1.82) is 0 Å². The van der Waals surface area contributed by atoms with Gasteiger partial charge in [-0.05, 0) is 18.5 Å². The highest BCUT2D eigenvalue weighted by atomic mass is 35.5. The van der Waals surface area contributed by atoms with Crippen LogP contribution in [-0.4, -0.2) is 55.2 Å². The average molecular weight is 326 g/mol. The van der Waals surface area contributed by atoms with Gasteiger partial charge >= 0.3 is 0 Å². The van der Waals surface area contributed by atoms with Gasteiger partial charge in [-0.2, -0.15) is 4.31 Å². The van der Waals surface area contributed by atoms with Crippen molar-refractivity contribution < 1.29 is 16.8 Å². The molecule has 0 bridgehead atoms. The van der Waals surface area contributed by atoms with Crippen LogP contribution >= 0.6 is 11.6 Å². The lowest BCUT2D eigenvalue weighted by molar-refractivity contribution is 0.356. The largest absolute Gasteiger partial charge is 0.246 e. The highest BCUT2D eigenvalue weighted by Crippen LogP contribution is 2.21. The molecule has 2 heterocycles. The molecule has 1 aromatic rings. The number of nitrogens with zero attached hydrogens (tertiary/aromatic N) is 3. The minimum atomic E-state index is -3.79. The van der Waals surface area contributed by atoms with Gasteiger partial charge in [0.2, 0.25) is 15.3 Å². The van der Waals surface area contributed by atoms with Gasteiger partial charge in [0.05, 0.1) is 23.9 Å². The first-order valence-electron chi connectivity index (χ1n) is 5.42. The molecule has 1 saturated heterocycles. The van der Waals surface area contributed by atoms with Crippen molar-refractivity contribution in [3.05, 3.63) is 17.7 Å². The molecular formula is C9H12ClN3O4S2. The van der Waals surface area contributed by atoms with E-state index in [9.17, 15) is 16.8 Å². The fourth-order valence-electron chi connectivity index (χ4n) is 1.91. The van der Waals surface area contributed by atoms with Crippen molar-refractivity contribution in [3.8, 4) is 0 Å². The lowest BCUT2D eigenvalue weighted by atomic mass is 10.4. The van der Waals surface area contributed by atoms with E-state index in [0.29, 0.717) is 0 Å². The van der Waals surface area contributed by atoms with Crippen LogP contribution in [0.3, 0.4) is 0 Å². The molecule has 0 aliphatic carbocycles. The molecule has 1 aromatic heterocycles. The summed E-state index contributed by atoms with van der Waals surface area (Å²) in [4.78, 5) is 7.15. The van der Waals surface area contributed by atoms with Crippen molar-refractivity contribution in [3.63, 3.8) is 0 Å². The average Bonchev–Trinajstić information content (AvgIpc) is 2.27. The molecule has 0 radical (unpaired) electrons. The normalized spacial score (nSPS) is 24.2. The summed E-state index contributed by atoms with van der Waals surface area (Å²) in [7, 11) is -6.97. The number of hydrogen-bond acceptors (Lipinski definition) is 6. The Morgan fingerprint density at radius 2 is 1.95 bits per heavy atom. The monoisotopic (exact) mass is 325 g/mol. The Kier molecular flexibility index (Phi) is 3.83. The molecule has 7 nitrogen and oxygen atoms in total. The fraction of sp³-hybridized carbons (Fsp3) is 0.556. The third kappa shape index (κ3) is 3.04. The number of sulfonamides is 1. The van der Waals surface area contributed by atoms with Crippen molar-refractivity contribution in [2.75, 3.05) is 18.1 Å². The highest BCUT2D eigenvalue weighted by molar-refractivity contribution is 7.92. The Labute approximate surface area is 116 Å². The van der Waals surface area contributed by atoms with Crippen LogP contribution in [0, 0.1) is 0 Å². The van der Waals surface area contributed by atoms with E-state index >= 15 is 0 Å². The molecule has 0 amide bonds. The van der Waals surface area contributed by atoms with Crippen molar-refractivity contribution in [2.24, 2.45) is 0 Å². The molecule has 1 fully saturated rings. The van der Waals surface area contributed by atoms with Gasteiger partial charge < -0.3 is 0 Å². The van der Waals surface area contributed by atoms with E-state index in [2.05, 4.69) is 9.97 Å². The van der Waals surface area contributed by atoms with E-state index in [4.69, 9.17) is 11.6 Å². The SMILES string of the molecule is CC1CS(=O)(=O)CCN1S(=O)(=O)c1cnc(Cl)nc1. The zero-order valence-corrected chi connectivity index (χ0v) is 12.4. The second kappa shape index (κ2) is 4.97. The van der Waals surface area contributed by atoms with Crippen LogP contribution in [0.4, 0.5) is 0 Å². The Hall–Kier alpha value is -0.770. The zero-order chi connectivity index (χ0) is 14.3. The van der Waals surface area contributed by atoms with Gasteiger partial charge in [-0.3, -0.25) is 0 Å². The lowest BCUT2D eigenvalue weighted by Gasteiger charge is -2.31. The Morgan fingerprint density at radius 1 is 1.37 bits per heavy atom.